The highest BCUT2D eigenvalue weighted by Gasteiger charge is 2.23. The number of hydrogen-bond donors (Lipinski definition) is 2. The van der Waals surface area contributed by atoms with Gasteiger partial charge >= 0.3 is 0 Å². The molecular formula is C16H23ClN2OS. The maximum absolute atomic E-state index is 12.2. The Bertz CT molecular complexity index is 477. The van der Waals surface area contributed by atoms with Gasteiger partial charge in [-0.1, -0.05) is 24.3 Å². The predicted molar refractivity (Wildman–Crippen MR) is 91.2 cm³/mol. The zero-order valence-electron chi connectivity index (χ0n) is 12.1. The minimum Gasteiger partial charge on any atom is -0.349 e. The molecular weight excluding hydrogens is 304 g/mol. The minimum atomic E-state index is 0. The fraction of sp³-hybridized carbons (Fsp3) is 0.562. The first kappa shape index (κ1) is 16.7. The van der Waals surface area contributed by atoms with E-state index in [1.807, 2.05) is 11.8 Å². The molecule has 0 bridgehead atoms. The van der Waals surface area contributed by atoms with E-state index in [-0.39, 0.29) is 24.4 Å². The van der Waals surface area contributed by atoms with Crippen molar-refractivity contribution in [1.29, 1.82) is 0 Å². The molecule has 21 heavy (non-hydrogen) atoms. The van der Waals surface area contributed by atoms with Crippen LogP contribution in [0.3, 0.4) is 0 Å². The Morgan fingerprint density at radius 1 is 1.38 bits per heavy atom. The summed E-state index contributed by atoms with van der Waals surface area (Å²) in [5.41, 5.74) is 2.72. The molecule has 2 unspecified atom stereocenters. The molecule has 0 aromatic heterocycles. The van der Waals surface area contributed by atoms with Gasteiger partial charge in [-0.2, -0.15) is 11.8 Å². The van der Waals surface area contributed by atoms with Crippen LogP contribution in [0.25, 0.3) is 0 Å². The van der Waals surface area contributed by atoms with E-state index in [9.17, 15) is 4.79 Å². The number of aryl methyl sites for hydroxylation is 1. The minimum absolute atomic E-state index is 0. The molecule has 1 aromatic carbocycles. The molecule has 2 atom stereocenters. The Morgan fingerprint density at radius 2 is 2.24 bits per heavy atom. The molecule has 116 valence electrons. The van der Waals surface area contributed by atoms with Gasteiger partial charge in [0, 0.05) is 30.5 Å². The van der Waals surface area contributed by atoms with E-state index in [0.717, 1.165) is 30.9 Å². The number of fused-ring (bicyclic) bond motifs is 1. The molecule has 3 rings (SSSR count). The monoisotopic (exact) mass is 326 g/mol. The Hall–Kier alpha value is -0.710. The zero-order valence-corrected chi connectivity index (χ0v) is 13.8. The first-order chi connectivity index (χ1) is 9.83. The Balaban J connectivity index is 0.00000161. The quantitative estimate of drug-likeness (QED) is 0.897. The van der Waals surface area contributed by atoms with Crippen molar-refractivity contribution in [2.75, 3.05) is 18.1 Å². The second kappa shape index (κ2) is 8.06. The Labute approximate surface area is 137 Å². The lowest BCUT2D eigenvalue weighted by atomic mass is 9.87. The summed E-state index contributed by atoms with van der Waals surface area (Å²) in [5, 5.41) is 6.66. The van der Waals surface area contributed by atoms with E-state index >= 15 is 0 Å². The molecule has 1 amide bonds. The maximum atomic E-state index is 12.2. The molecule has 0 saturated carbocycles. The molecule has 5 heteroatoms. The molecule has 2 aliphatic rings. The van der Waals surface area contributed by atoms with Gasteiger partial charge in [-0.25, -0.2) is 0 Å². The summed E-state index contributed by atoms with van der Waals surface area (Å²) in [6, 6.07) is 9.06. The molecule has 2 N–H and O–H groups in total. The summed E-state index contributed by atoms with van der Waals surface area (Å²) < 4.78 is 0. The summed E-state index contributed by atoms with van der Waals surface area (Å²) in [4.78, 5) is 12.2. The number of nitrogens with one attached hydrogen (secondary N) is 2. The smallest absolute Gasteiger partial charge is 0.222 e. The van der Waals surface area contributed by atoms with Crippen LogP contribution in [0, 0.1) is 0 Å². The number of amides is 1. The SMILES string of the molecule is Cl.O=C(CC1CSCCN1)NC1CCCc2ccccc21. The van der Waals surface area contributed by atoms with Gasteiger partial charge in [0.25, 0.3) is 0 Å². The lowest BCUT2D eigenvalue weighted by Gasteiger charge is -2.28. The first-order valence-corrected chi connectivity index (χ1v) is 8.66. The number of carbonyl (C=O) groups is 1. The van der Waals surface area contributed by atoms with Crippen molar-refractivity contribution in [3.05, 3.63) is 35.4 Å². The van der Waals surface area contributed by atoms with Gasteiger partial charge in [0.15, 0.2) is 0 Å². The van der Waals surface area contributed by atoms with Crippen LogP contribution >= 0.6 is 24.2 Å². The summed E-state index contributed by atoms with van der Waals surface area (Å²) in [6.45, 7) is 1.02. The summed E-state index contributed by atoms with van der Waals surface area (Å²) >= 11 is 1.94. The molecule has 0 spiro atoms. The first-order valence-electron chi connectivity index (χ1n) is 7.51. The number of carbonyl (C=O) groups excluding carboxylic acids is 1. The zero-order chi connectivity index (χ0) is 13.8. The fourth-order valence-corrected chi connectivity index (χ4v) is 4.08. The van der Waals surface area contributed by atoms with Crippen LogP contribution in [0.1, 0.15) is 36.4 Å². The maximum Gasteiger partial charge on any atom is 0.222 e. The van der Waals surface area contributed by atoms with Gasteiger partial charge in [0.05, 0.1) is 6.04 Å². The highest BCUT2D eigenvalue weighted by Crippen LogP contribution is 2.29. The van der Waals surface area contributed by atoms with Crippen molar-refractivity contribution >= 4 is 30.1 Å². The van der Waals surface area contributed by atoms with Gasteiger partial charge in [-0.05, 0) is 30.4 Å². The van der Waals surface area contributed by atoms with Crippen molar-refractivity contribution in [2.45, 2.75) is 37.8 Å². The van der Waals surface area contributed by atoms with E-state index in [4.69, 9.17) is 0 Å². The molecule has 1 heterocycles. The van der Waals surface area contributed by atoms with E-state index in [0.29, 0.717) is 12.5 Å². The second-order valence-corrected chi connectivity index (χ2v) is 6.79. The molecule has 1 aliphatic heterocycles. The number of benzene rings is 1. The molecule has 3 nitrogen and oxygen atoms in total. The van der Waals surface area contributed by atoms with Crippen molar-refractivity contribution in [1.82, 2.24) is 10.6 Å². The molecule has 1 aromatic rings. The van der Waals surface area contributed by atoms with Crippen LogP contribution in [-0.2, 0) is 11.2 Å². The van der Waals surface area contributed by atoms with E-state index in [1.54, 1.807) is 0 Å². The third-order valence-electron chi connectivity index (χ3n) is 4.13. The van der Waals surface area contributed by atoms with E-state index in [1.165, 1.54) is 17.5 Å². The lowest BCUT2D eigenvalue weighted by molar-refractivity contribution is -0.122. The summed E-state index contributed by atoms with van der Waals surface area (Å²) in [5.74, 6) is 2.40. The third-order valence-corrected chi connectivity index (χ3v) is 5.27. The Morgan fingerprint density at radius 3 is 3.05 bits per heavy atom. The van der Waals surface area contributed by atoms with Crippen molar-refractivity contribution < 1.29 is 4.79 Å². The van der Waals surface area contributed by atoms with Crippen LogP contribution in [0.15, 0.2) is 24.3 Å². The summed E-state index contributed by atoms with van der Waals surface area (Å²) in [7, 11) is 0. The molecule has 0 radical (unpaired) electrons. The normalized spacial score (nSPS) is 24.6. The largest absolute Gasteiger partial charge is 0.349 e. The topological polar surface area (TPSA) is 41.1 Å². The standard InChI is InChI=1S/C16H22N2OS.ClH/c19-16(10-13-11-20-9-8-17-13)18-15-7-3-5-12-4-1-2-6-14(12)15;/h1-2,4,6,13,15,17H,3,5,7-11H2,(H,18,19);1H. The van der Waals surface area contributed by atoms with Crippen molar-refractivity contribution in [3.63, 3.8) is 0 Å². The van der Waals surface area contributed by atoms with Gasteiger partial charge in [-0.3, -0.25) is 4.79 Å². The van der Waals surface area contributed by atoms with Crippen LogP contribution in [0.2, 0.25) is 0 Å². The number of hydrogen-bond acceptors (Lipinski definition) is 3. The second-order valence-electron chi connectivity index (χ2n) is 5.64. The third kappa shape index (κ3) is 4.38. The van der Waals surface area contributed by atoms with Crippen LogP contribution < -0.4 is 10.6 Å². The Kier molecular flexibility index (Phi) is 6.40. The number of halogens is 1. The van der Waals surface area contributed by atoms with Crippen molar-refractivity contribution in [2.24, 2.45) is 0 Å². The van der Waals surface area contributed by atoms with Gasteiger partial charge < -0.3 is 10.6 Å². The van der Waals surface area contributed by atoms with Crippen LogP contribution in [0.4, 0.5) is 0 Å². The van der Waals surface area contributed by atoms with Crippen molar-refractivity contribution in [3.8, 4) is 0 Å². The predicted octanol–water partition coefficient (Wildman–Crippen LogP) is 2.70. The van der Waals surface area contributed by atoms with Crippen LogP contribution in [-0.4, -0.2) is 30.0 Å². The highest BCUT2D eigenvalue weighted by atomic mass is 35.5. The highest BCUT2D eigenvalue weighted by molar-refractivity contribution is 7.99. The molecule has 1 saturated heterocycles. The molecule has 1 fully saturated rings. The fourth-order valence-electron chi connectivity index (χ4n) is 3.13. The van der Waals surface area contributed by atoms with E-state index < -0.39 is 0 Å². The van der Waals surface area contributed by atoms with Gasteiger partial charge in [0.1, 0.15) is 0 Å². The lowest BCUT2D eigenvalue weighted by Crippen LogP contribution is -2.42. The average Bonchev–Trinajstić information content (AvgIpc) is 2.48. The summed E-state index contributed by atoms with van der Waals surface area (Å²) in [6.07, 6.45) is 3.98. The number of thioether (sulfide) groups is 1. The van der Waals surface area contributed by atoms with Gasteiger partial charge in [0.2, 0.25) is 5.91 Å². The van der Waals surface area contributed by atoms with E-state index in [2.05, 4.69) is 34.9 Å². The van der Waals surface area contributed by atoms with Crippen LogP contribution in [0.5, 0.6) is 0 Å². The number of rotatable bonds is 3. The average molecular weight is 327 g/mol. The van der Waals surface area contributed by atoms with Gasteiger partial charge in [-0.15, -0.1) is 12.4 Å². The molecule has 1 aliphatic carbocycles.